The number of rotatable bonds is 6. The number of hydrogen-bond donors (Lipinski definition) is 1. The molecule has 2 aliphatic heterocycles. The van der Waals surface area contributed by atoms with Crippen LogP contribution in [0.15, 0.2) is 54.6 Å². The van der Waals surface area contributed by atoms with Gasteiger partial charge in [-0.15, -0.1) is 0 Å². The van der Waals surface area contributed by atoms with Crippen LogP contribution in [0.3, 0.4) is 0 Å². The van der Waals surface area contributed by atoms with Crippen molar-refractivity contribution >= 4 is 18.2 Å². The van der Waals surface area contributed by atoms with Gasteiger partial charge in [-0.2, -0.15) is 0 Å². The van der Waals surface area contributed by atoms with Gasteiger partial charge < -0.3 is 14.9 Å². The van der Waals surface area contributed by atoms with Crippen LogP contribution < -0.4 is 0 Å². The average Bonchev–Trinajstić information content (AvgIpc) is 3.32. The third kappa shape index (κ3) is 5.59. The lowest BCUT2D eigenvalue weighted by atomic mass is 9.89. The van der Waals surface area contributed by atoms with E-state index in [1.54, 1.807) is 19.1 Å². The Kier molecular flexibility index (Phi) is 8.11. The van der Waals surface area contributed by atoms with E-state index >= 15 is 0 Å². The molecule has 6 nitrogen and oxygen atoms in total. The summed E-state index contributed by atoms with van der Waals surface area (Å²) in [5, 5.41) is 6.89. The minimum absolute atomic E-state index is 0.0497. The molecule has 170 valence electrons. The minimum atomic E-state index is -0.260. The largest absolute Gasteiger partial charge is 0.483 e. The van der Waals surface area contributed by atoms with Gasteiger partial charge in [-0.05, 0) is 36.6 Å². The number of benzene rings is 2. The Bertz CT molecular complexity index is 937. The lowest BCUT2D eigenvalue weighted by Gasteiger charge is -2.29. The highest BCUT2D eigenvalue weighted by molar-refractivity contribution is 5.95. The number of carbonyl (C=O) groups excluding carboxylic acids is 2. The molecule has 32 heavy (non-hydrogen) atoms. The first-order valence-electron chi connectivity index (χ1n) is 10.9. The van der Waals surface area contributed by atoms with Gasteiger partial charge in [0.05, 0.1) is 6.04 Å². The molecule has 1 amide bonds. The summed E-state index contributed by atoms with van der Waals surface area (Å²) < 4.78 is 13.8. The fraction of sp³-hybridized carbons (Fsp3) is 0.400. The van der Waals surface area contributed by atoms with Crippen LogP contribution in [0.4, 0.5) is 4.39 Å². The van der Waals surface area contributed by atoms with E-state index in [-0.39, 0.29) is 30.0 Å². The number of amides is 1. The molecule has 7 heteroatoms. The number of carbonyl (C=O) groups is 3. The van der Waals surface area contributed by atoms with Crippen molar-refractivity contribution in [2.24, 2.45) is 11.8 Å². The molecule has 0 unspecified atom stereocenters. The standard InChI is InChI=1S/C24H27FN2O2.CH2O2/c1-17(28)27-15-20-14-26(12-6-11-23(29)18-7-3-2-4-8-18)16-22(20)24(27)19-9-5-10-21(25)13-19;2-1-3/h2-5,7-10,13,20,22,24H,6,11-12,14-16H2,1H3;1H,(H,2,3)/t20-,22-,24-;/m1./s1. The highest BCUT2D eigenvalue weighted by Gasteiger charge is 2.48. The van der Waals surface area contributed by atoms with Crippen LogP contribution in [0.25, 0.3) is 0 Å². The number of ketones is 1. The Morgan fingerprint density at radius 2 is 1.81 bits per heavy atom. The fourth-order valence-corrected chi connectivity index (χ4v) is 4.99. The SMILES string of the molecule is CC(=O)N1C[C@H]2CN(CCCC(=O)c3ccccc3)C[C@H]2[C@H]1c1cccc(F)c1.O=CO. The molecule has 0 aliphatic carbocycles. The monoisotopic (exact) mass is 440 g/mol. The van der Waals surface area contributed by atoms with Gasteiger partial charge in [-0.25, -0.2) is 4.39 Å². The summed E-state index contributed by atoms with van der Waals surface area (Å²) in [5.41, 5.74) is 1.66. The Morgan fingerprint density at radius 1 is 1.09 bits per heavy atom. The molecule has 4 rings (SSSR count). The van der Waals surface area contributed by atoms with Gasteiger partial charge >= 0.3 is 0 Å². The summed E-state index contributed by atoms with van der Waals surface area (Å²) in [6.45, 7) is 4.76. The van der Waals surface area contributed by atoms with Crippen LogP contribution in [0.2, 0.25) is 0 Å². The molecule has 0 saturated carbocycles. The number of hydrogen-bond acceptors (Lipinski definition) is 4. The van der Waals surface area contributed by atoms with Crippen molar-refractivity contribution in [1.29, 1.82) is 0 Å². The molecule has 2 fully saturated rings. The summed E-state index contributed by atoms with van der Waals surface area (Å²) in [4.78, 5) is 37.2. The molecule has 2 aliphatic rings. The van der Waals surface area contributed by atoms with Crippen molar-refractivity contribution in [2.75, 3.05) is 26.2 Å². The zero-order valence-corrected chi connectivity index (χ0v) is 18.2. The summed E-state index contributed by atoms with van der Waals surface area (Å²) in [6, 6.07) is 16.0. The van der Waals surface area contributed by atoms with Crippen molar-refractivity contribution in [3.8, 4) is 0 Å². The molecule has 2 heterocycles. The maximum absolute atomic E-state index is 13.8. The van der Waals surface area contributed by atoms with Crippen LogP contribution >= 0.6 is 0 Å². The van der Waals surface area contributed by atoms with Gasteiger partial charge in [0.2, 0.25) is 5.91 Å². The third-order valence-corrected chi connectivity index (χ3v) is 6.31. The summed E-state index contributed by atoms with van der Waals surface area (Å²) in [5.74, 6) is 0.685. The Balaban J connectivity index is 0.000000913. The molecule has 0 bridgehead atoms. The van der Waals surface area contributed by atoms with Gasteiger partial charge in [0.25, 0.3) is 6.47 Å². The Morgan fingerprint density at radius 3 is 2.47 bits per heavy atom. The van der Waals surface area contributed by atoms with E-state index in [0.717, 1.165) is 43.7 Å². The van der Waals surface area contributed by atoms with E-state index < -0.39 is 0 Å². The lowest BCUT2D eigenvalue weighted by molar-refractivity contribution is -0.130. The minimum Gasteiger partial charge on any atom is -0.483 e. The van der Waals surface area contributed by atoms with Gasteiger partial charge in [0.15, 0.2) is 5.78 Å². The summed E-state index contributed by atoms with van der Waals surface area (Å²) >= 11 is 0. The van der Waals surface area contributed by atoms with E-state index in [1.807, 2.05) is 41.3 Å². The maximum Gasteiger partial charge on any atom is 0.290 e. The first kappa shape index (κ1) is 23.6. The smallest absolute Gasteiger partial charge is 0.290 e. The van der Waals surface area contributed by atoms with E-state index in [1.165, 1.54) is 6.07 Å². The molecular weight excluding hydrogens is 411 g/mol. The molecule has 2 saturated heterocycles. The molecule has 0 radical (unpaired) electrons. The molecule has 0 aromatic heterocycles. The second kappa shape index (κ2) is 11.0. The van der Waals surface area contributed by atoms with Crippen LogP contribution in [0, 0.1) is 17.7 Å². The van der Waals surface area contributed by atoms with E-state index in [4.69, 9.17) is 9.90 Å². The fourth-order valence-electron chi connectivity index (χ4n) is 4.99. The molecule has 1 N–H and O–H groups in total. The maximum atomic E-state index is 13.8. The first-order valence-corrected chi connectivity index (χ1v) is 10.9. The van der Waals surface area contributed by atoms with Crippen molar-refractivity contribution in [3.05, 3.63) is 71.5 Å². The topological polar surface area (TPSA) is 77.9 Å². The average molecular weight is 441 g/mol. The number of Topliss-reactive ketones (excluding diaryl/α,β-unsaturated/α-hetero) is 1. The Hall–Kier alpha value is -3.06. The second-order valence-electron chi connectivity index (χ2n) is 8.35. The van der Waals surface area contributed by atoms with Crippen LogP contribution in [-0.4, -0.2) is 59.2 Å². The second-order valence-corrected chi connectivity index (χ2v) is 8.35. The normalized spacial score (nSPS) is 22.1. The van der Waals surface area contributed by atoms with Crippen LogP contribution in [0.1, 0.15) is 41.7 Å². The van der Waals surface area contributed by atoms with Crippen LogP contribution in [-0.2, 0) is 9.59 Å². The number of fused-ring (bicyclic) bond motifs is 1. The quantitative estimate of drug-likeness (QED) is 0.548. The highest BCUT2D eigenvalue weighted by atomic mass is 19.1. The molecule has 0 spiro atoms. The van der Waals surface area contributed by atoms with E-state index in [9.17, 15) is 14.0 Å². The third-order valence-electron chi connectivity index (χ3n) is 6.31. The van der Waals surface area contributed by atoms with Crippen LogP contribution in [0.5, 0.6) is 0 Å². The van der Waals surface area contributed by atoms with Crippen molar-refractivity contribution < 1.29 is 23.9 Å². The molecule has 2 aromatic rings. The van der Waals surface area contributed by atoms with E-state index in [2.05, 4.69) is 4.90 Å². The predicted octanol–water partition coefficient (Wildman–Crippen LogP) is 3.64. The number of nitrogens with zero attached hydrogens (tertiary/aromatic N) is 2. The van der Waals surface area contributed by atoms with Gasteiger partial charge in [-0.3, -0.25) is 14.4 Å². The molecule has 3 atom stereocenters. The highest BCUT2D eigenvalue weighted by Crippen LogP contribution is 2.45. The van der Waals surface area contributed by atoms with E-state index in [0.29, 0.717) is 18.3 Å². The number of halogens is 1. The van der Waals surface area contributed by atoms with Gasteiger partial charge in [-0.1, -0.05) is 42.5 Å². The van der Waals surface area contributed by atoms with Crippen molar-refractivity contribution in [3.63, 3.8) is 0 Å². The number of carboxylic acid groups (broad SMARTS) is 1. The molecule has 2 aromatic carbocycles. The predicted molar refractivity (Wildman–Crippen MR) is 119 cm³/mol. The summed E-state index contributed by atoms with van der Waals surface area (Å²) in [7, 11) is 0. The molecular formula is C25H29FN2O4. The zero-order valence-electron chi connectivity index (χ0n) is 18.2. The number of likely N-dealkylation sites (tertiary alicyclic amines) is 2. The van der Waals surface area contributed by atoms with Crippen molar-refractivity contribution in [1.82, 2.24) is 9.80 Å². The zero-order chi connectivity index (χ0) is 23.1. The Labute approximate surface area is 187 Å². The first-order chi connectivity index (χ1) is 15.4. The van der Waals surface area contributed by atoms with Gasteiger partial charge in [0.1, 0.15) is 5.82 Å². The lowest BCUT2D eigenvalue weighted by Crippen LogP contribution is -2.34. The van der Waals surface area contributed by atoms with Crippen molar-refractivity contribution in [2.45, 2.75) is 25.8 Å². The van der Waals surface area contributed by atoms with Gasteiger partial charge in [0, 0.05) is 44.5 Å². The summed E-state index contributed by atoms with van der Waals surface area (Å²) in [6.07, 6.45) is 1.37.